The average Bonchev–Trinajstić information content (AvgIpc) is 2.71. The van der Waals surface area contributed by atoms with Gasteiger partial charge < -0.3 is 10.2 Å². The summed E-state index contributed by atoms with van der Waals surface area (Å²) in [5.74, 6) is -0.222. The van der Waals surface area contributed by atoms with Gasteiger partial charge in [0.15, 0.2) is 0 Å². The Balaban J connectivity index is 2.06. The van der Waals surface area contributed by atoms with Crippen molar-refractivity contribution in [3.8, 4) is 11.1 Å². The van der Waals surface area contributed by atoms with E-state index >= 15 is 0 Å². The molecule has 0 spiro atoms. The molecule has 0 radical (unpaired) electrons. The second-order valence-corrected chi connectivity index (χ2v) is 6.62. The Hall–Kier alpha value is -2.33. The molecule has 2 aromatic rings. The number of fused-ring (bicyclic) bond motifs is 1. The number of hydrogen-bond acceptors (Lipinski definition) is 2. The Kier molecular flexibility index (Phi) is 5.09. The van der Waals surface area contributed by atoms with Gasteiger partial charge in [0.05, 0.1) is 11.3 Å². The molecule has 0 bridgehead atoms. The maximum absolute atomic E-state index is 13.1. The standard InChI is InChI=1S/C20H21ClN2O2/c1-3-11-23-18(4-2)19(24)22-17-10-7-14(12-16(17)20(23)25)13-5-8-15(21)9-6-13/h5-10,12,18H,3-4,11H2,1-2H3,(H,22,24). The Bertz CT molecular complexity index is 802. The first-order chi connectivity index (χ1) is 12.0. The third-order valence-corrected chi connectivity index (χ3v) is 4.73. The molecule has 0 saturated carbocycles. The normalized spacial score (nSPS) is 17.1. The SMILES string of the molecule is CCCN1C(=O)c2cc(-c3ccc(Cl)cc3)ccc2NC(=O)C1CC. The highest BCUT2D eigenvalue weighted by atomic mass is 35.5. The zero-order valence-electron chi connectivity index (χ0n) is 14.4. The van der Waals surface area contributed by atoms with Crippen molar-refractivity contribution in [1.29, 1.82) is 0 Å². The molecule has 0 aliphatic carbocycles. The zero-order valence-corrected chi connectivity index (χ0v) is 15.1. The maximum atomic E-state index is 13.1. The van der Waals surface area contributed by atoms with Crippen molar-refractivity contribution in [2.75, 3.05) is 11.9 Å². The summed E-state index contributed by atoms with van der Waals surface area (Å²) in [6.07, 6.45) is 1.40. The number of benzene rings is 2. The summed E-state index contributed by atoms with van der Waals surface area (Å²) < 4.78 is 0. The van der Waals surface area contributed by atoms with E-state index in [2.05, 4.69) is 5.32 Å². The molecule has 1 heterocycles. The van der Waals surface area contributed by atoms with Gasteiger partial charge in [-0.1, -0.05) is 43.6 Å². The van der Waals surface area contributed by atoms with E-state index in [-0.39, 0.29) is 11.8 Å². The molecule has 25 heavy (non-hydrogen) atoms. The van der Waals surface area contributed by atoms with Gasteiger partial charge in [-0.05, 0) is 48.2 Å². The fourth-order valence-corrected chi connectivity index (χ4v) is 3.34. The summed E-state index contributed by atoms with van der Waals surface area (Å²) >= 11 is 5.95. The van der Waals surface area contributed by atoms with Crippen molar-refractivity contribution in [3.63, 3.8) is 0 Å². The molecule has 5 heteroatoms. The van der Waals surface area contributed by atoms with Crippen molar-refractivity contribution in [2.24, 2.45) is 0 Å². The first-order valence-electron chi connectivity index (χ1n) is 8.57. The number of nitrogens with zero attached hydrogens (tertiary/aromatic N) is 1. The van der Waals surface area contributed by atoms with E-state index in [9.17, 15) is 9.59 Å². The van der Waals surface area contributed by atoms with Crippen molar-refractivity contribution in [2.45, 2.75) is 32.7 Å². The number of nitrogens with one attached hydrogen (secondary N) is 1. The Morgan fingerprint density at radius 2 is 1.72 bits per heavy atom. The van der Waals surface area contributed by atoms with Gasteiger partial charge in [-0.15, -0.1) is 0 Å². The maximum Gasteiger partial charge on any atom is 0.256 e. The van der Waals surface area contributed by atoms with E-state index in [4.69, 9.17) is 11.6 Å². The number of anilines is 1. The lowest BCUT2D eigenvalue weighted by Gasteiger charge is -2.27. The second kappa shape index (κ2) is 7.28. The Morgan fingerprint density at radius 3 is 2.36 bits per heavy atom. The highest BCUT2D eigenvalue weighted by Gasteiger charge is 2.33. The molecule has 2 aromatic carbocycles. The topological polar surface area (TPSA) is 49.4 Å². The molecule has 1 atom stereocenters. The molecule has 130 valence electrons. The predicted octanol–water partition coefficient (Wildman–Crippen LogP) is 4.59. The number of carbonyl (C=O) groups is 2. The van der Waals surface area contributed by atoms with Crippen molar-refractivity contribution >= 4 is 29.1 Å². The second-order valence-electron chi connectivity index (χ2n) is 6.18. The molecule has 0 fully saturated rings. The average molecular weight is 357 g/mol. The minimum absolute atomic E-state index is 0.0992. The largest absolute Gasteiger partial charge is 0.327 e. The summed E-state index contributed by atoms with van der Waals surface area (Å²) in [6.45, 7) is 4.50. The van der Waals surface area contributed by atoms with E-state index in [1.807, 2.05) is 50.2 Å². The lowest BCUT2D eigenvalue weighted by molar-refractivity contribution is -0.120. The molecule has 1 aliphatic heterocycles. The van der Waals surface area contributed by atoms with E-state index < -0.39 is 6.04 Å². The van der Waals surface area contributed by atoms with Crippen LogP contribution in [0.4, 0.5) is 5.69 Å². The van der Waals surface area contributed by atoms with E-state index in [1.165, 1.54) is 0 Å². The van der Waals surface area contributed by atoms with Crippen LogP contribution in [0.15, 0.2) is 42.5 Å². The minimum Gasteiger partial charge on any atom is -0.327 e. The molecular formula is C20H21ClN2O2. The monoisotopic (exact) mass is 356 g/mol. The van der Waals surface area contributed by atoms with Gasteiger partial charge in [0.2, 0.25) is 5.91 Å². The van der Waals surface area contributed by atoms with Crippen LogP contribution in [0, 0.1) is 0 Å². The molecule has 1 unspecified atom stereocenters. The number of hydrogen-bond donors (Lipinski definition) is 1. The van der Waals surface area contributed by atoms with Crippen LogP contribution in [0.2, 0.25) is 5.02 Å². The first kappa shape index (κ1) is 17.5. The summed E-state index contributed by atoms with van der Waals surface area (Å²) in [4.78, 5) is 27.3. The summed E-state index contributed by atoms with van der Waals surface area (Å²) in [5.41, 5.74) is 3.00. The number of amides is 2. The third-order valence-electron chi connectivity index (χ3n) is 4.48. The van der Waals surface area contributed by atoms with E-state index in [0.717, 1.165) is 17.5 Å². The fourth-order valence-electron chi connectivity index (χ4n) is 3.21. The van der Waals surface area contributed by atoms with Crippen LogP contribution in [0.1, 0.15) is 37.0 Å². The van der Waals surface area contributed by atoms with Gasteiger partial charge in [0.25, 0.3) is 5.91 Å². The highest BCUT2D eigenvalue weighted by Crippen LogP contribution is 2.30. The van der Waals surface area contributed by atoms with Gasteiger partial charge in [-0.25, -0.2) is 0 Å². The Labute approximate surface area is 152 Å². The third kappa shape index (κ3) is 3.40. The summed E-state index contributed by atoms with van der Waals surface area (Å²) in [7, 11) is 0. The van der Waals surface area contributed by atoms with Gasteiger partial charge >= 0.3 is 0 Å². The molecular weight excluding hydrogens is 336 g/mol. The summed E-state index contributed by atoms with van der Waals surface area (Å²) in [6, 6.07) is 12.6. The molecule has 1 N–H and O–H groups in total. The van der Waals surface area contributed by atoms with E-state index in [0.29, 0.717) is 29.2 Å². The lowest BCUT2D eigenvalue weighted by Crippen LogP contribution is -2.45. The van der Waals surface area contributed by atoms with Crippen LogP contribution in [-0.4, -0.2) is 29.3 Å². The predicted molar refractivity (Wildman–Crippen MR) is 101 cm³/mol. The number of carbonyl (C=O) groups excluding carboxylic acids is 2. The van der Waals surface area contributed by atoms with Crippen molar-refractivity contribution < 1.29 is 9.59 Å². The van der Waals surface area contributed by atoms with Gasteiger partial charge in [-0.2, -0.15) is 0 Å². The lowest BCUT2D eigenvalue weighted by atomic mass is 10.0. The fraction of sp³-hybridized carbons (Fsp3) is 0.300. The Morgan fingerprint density at radius 1 is 1.04 bits per heavy atom. The molecule has 0 saturated heterocycles. The molecule has 1 aliphatic rings. The van der Waals surface area contributed by atoms with Crippen molar-refractivity contribution in [3.05, 3.63) is 53.1 Å². The van der Waals surface area contributed by atoms with Crippen LogP contribution >= 0.6 is 11.6 Å². The molecule has 3 rings (SSSR count). The quantitative estimate of drug-likeness (QED) is 0.871. The smallest absolute Gasteiger partial charge is 0.256 e. The summed E-state index contributed by atoms with van der Waals surface area (Å²) in [5, 5.41) is 3.58. The number of rotatable bonds is 4. The number of halogens is 1. The first-order valence-corrected chi connectivity index (χ1v) is 8.94. The van der Waals surface area contributed by atoms with Gasteiger partial charge in [0.1, 0.15) is 6.04 Å². The minimum atomic E-state index is -0.432. The van der Waals surface area contributed by atoms with Gasteiger partial charge in [0, 0.05) is 11.6 Å². The van der Waals surface area contributed by atoms with E-state index in [1.54, 1.807) is 11.0 Å². The van der Waals surface area contributed by atoms with Gasteiger partial charge in [-0.3, -0.25) is 9.59 Å². The highest BCUT2D eigenvalue weighted by molar-refractivity contribution is 6.30. The molecule has 0 aromatic heterocycles. The van der Waals surface area contributed by atoms with Crippen LogP contribution in [0.3, 0.4) is 0 Å². The zero-order chi connectivity index (χ0) is 18.0. The van der Waals surface area contributed by atoms with Crippen LogP contribution in [-0.2, 0) is 4.79 Å². The van der Waals surface area contributed by atoms with Crippen LogP contribution < -0.4 is 5.32 Å². The van der Waals surface area contributed by atoms with Crippen molar-refractivity contribution in [1.82, 2.24) is 4.90 Å². The van der Waals surface area contributed by atoms with Crippen LogP contribution in [0.25, 0.3) is 11.1 Å². The molecule has 4 nitrogen and oxygen atoms in total. The molecule has 2 amide bonds. The van der Waals surface area contributed by atoms with Crippen LogP contribution in [0.5, 0.6) is 0 Å².